The maximum absolute atomic E-state index is 12.3. The lowest BCUT2D eigenvalue weighted by Crippen LogP contribution is -2.46. The van der Waals surface area contributed by atoms with E-state index in [0.717, 1.165) is 24.4 Å². The van der Waals surface area contributed by atoms with E-state index >= 15 is 0 Å². The van der Waals surface area contributed by atoms with Crippen LogP contribution in [0.3, 0.4) is 0 Å². The Hall–Kier alpha value is -1.39. The number of ether oxygens (including phenoxy) is 2. The minimum absolute atomic E-state index is 0.127. The van der Waals surface area contributed by atoms with Crippen LogP contribution in [0.1, 0.15) is 12.5 Å². The minimum Gasteiger partial charge on any atom is -0.496 e. The van der Waals surface area contributed by atoms with Crippen LogP contribution in [0.25, 0.3) is 0 Å². The van der Waals surface area contributed by atoms with Gasteiger partial charge in [0.15, 0.2) is 5.78 Å². The Balaban J connectivity index is 2.00. The third kappa shape index (κ3) is 3.55. The van der Waals surface area contributed by atoms with Gasteiger partial charge in [-0.3, -0.25) is 9.69 Å². The topological polar surface area (TPSA) is 38.8 Å². The van der Waals surface area contributed by atoms with E-state index in [2.05, 4.69) is 11.8 Å². The molecule has 1 saturated heterocycles. The number of carbonyl (C=O) groups excluding carboxylic acids is 1. The summed E-state index contributed by atoms with van der Waals surface area (Å²) in [6.07, 6.45) is 0.0605. The van der Waals surface area contributed by atoms with Crippen molar-refractivity contribution in [1.82, 2.24) is 4.90 Å². The molecule has 0 N–H and O–H groups in total. The molecule has 19 heavy (non-hydrogen) atoms. The van der Waals surface area contributed by atoms with Crippen molar-refractivity contribution >= 4 is 5.78 Å². The number of carbonyl (C=O) groups is 1. The minimum atomic E-state index is -0.307. The summed E-state index contributed by atoms with van der Waals surface area (Å²) in [5, 5.41) is 0. The Kier molecular flexibility index (Phi) is 4.93. The lowest BCUT2D eigenvalue weighted by molar-refractivity contribution is -0.135. The molecule has 4 heteroatoms. The fourth-order valence-corrected chi connectivity index (χ4v) is 2.34. The van der Waals surface area contributed by atoms with Gasteiger partial charge in [-0.15, -0.1) is 0 Å². The zero-order chi connectivity index (χ0) is 13.7. The molecule has 0 spiro atoms. The van der Waals surface area contributed by atoms with Crippen LogP contribution in [-0.4, -0.2) is 50.1 Å². The van der Waals surface area contributed by atoms with E-state index in [0.29, 0.717) is 19.6 Å². The van der Waals surface area contributed by atoms with E-state index in [4.69, 9.17) is 9.47 Å². The van der Waals surface area contributed by atoms with Crippen molar-refractivity contribution in [3.05, 3.63) is 29.8 Å². The molecule has 1 fully saturated rings. The number of Topliss-reactive ketones (excluding diaryl/α,β-unsaturated/α-hetero) is 1. The number of morpholine rings is 1. The Morgan fingerprint density at radius 1 is 1.47 bits per heavy atom. The molecule has 1 aliphatic heterocycles. The molecule has 0 saturated carbocycles. The van der Waals surface area contributed by atoms with Crippen molar-refractivity contribution in [2.24, 2.45) is 0 Å². The van der Waals surface area contributed by atoms with Crippen LogP contribution in [0.5, 0.6) is 5.75 Å². The normalized spacial score (nSPS) is 20.2. The van der Waals surface area contributed by atoms with Crippen molar-refractivity contribution in [2.75, 3.05) is 33.4 Å². The molecule has 0 amide bonds. The average Bonchev–Trinajstić information content (AvgIpc) is 2.47. The monoisotopic (exact) mass is 263 g/mol. The van der Waals surface area contributed by atoms with Crippen molar-refractivity contribution in [1.29, 1.82) is 0 Å². The molecule has 0 aromatic heterocycles. The molecule has 1 unspecified atom stereocenters. The maximum atomic E-state index is 12.3. The highest BCUT2D eigenvalue weighted by Gasteiger charge is 2.26. The number of nitrogens with zero attached hydrogens (tertiary/aromatic N) is 1. The van der Waals surface area contributed by atoms with E-state index in [1.165, 1.54) is 0 Å². The summed E-state index contributed by atoms with van der Waals surface area (Å²) < 4.78 is 10.9. The van der Waals surface area contributed by atoms with Crippen LogP contribution in [0.2, 0.25) is 0 Å². The van der Waals surface area contributed by atoms with Crippen LogP contribution in [-0.2, 0) is 16.0 Å². The Bertz CT molecular complexity index is 433. The van der Waals surface area contributed by atoms with Crippen LogP contribution < -0.4 is 4.74 Å². The van der Waals surface area contributed by atoms with Gasteiger partial charge >= 0.3 is 0 Å². The first kappa shape index (κ1) is 14.0. The number of methoxy groups -OCH3 is 1. The van der Waals surface area contributed by atoms with Crippen molar-refractivity contribution < 1.29 is 14.3 Å². The summed E-state index contributed by atoms with van der Waals surface area (Å²) in [4.78, 5) is 14.5. The predicted molar refractivity (Wildman–Crippen MR) is 73.6 cm³/mol. The van der Waals surface area contributed by atoms with E-state index in [9.17, 15) is 4.79 Å². The summed E-state index contributed by atoms with van der Waals surface area (Å²) in [7, 11) is 1.62. The zero-order valence-corrected chi connectivity index (χ0v) is 11.6. The Labute approximate surface area is 114 Å². The first-order valence-corrected chi connectivity index (χ1v) is 6.73. The van der Waals surface area contributed by atoms with E-state index < -0.39 is 0 Å². The Morgan fingerprint density at radius 3 is 3.00 bits per heavy atom. The van der Waals surface area contributed by atoms with Gasteiger partial charge in [0.25, 0.3) is 0 Å². The third-order valence-corrected chi connectivity index (χ3v) is 3.51. The van der Waals surface area contributed by atoms with Crippen LogP contribution in [0, 0.1) is 0 Å². The van der Waals surface area contributed by atoms with Gasteiger partial charge in [0.05, 0.1) is 13.7 Å². The SMILES string of the molecule is CCN1CCOC(C(=O)Cc2ccccc2OC)C1. The number of ketones is 1. The summed E-state index contributed by atoms with van der Waals surface area (Å²) >= 11 is 0. The quantitative estimate of drug-likeness (QED) is 0.807. The second-order valence-electron chi connectivity index (χ2n) is 4.71. The number of benzene rings is 1. The second-order valence-corrected chi connectivity index (χ2v) is 4.71. The molecule has 1 aromatic rings. The average molecular weight is 263 g/mol. The highest BCUT2D eigenvalue weighted by Crippen LogP contribution is 2.19. The van der Waals surface area contributed by atoms with E-state index in [1.54, 1.807) is 7.11 Å². The standard InChI is InChI=1S/C15H21NO3/c1-3-16-8-9-19-15(11-16)13(17)10-12-6-4-5-7-14(12)18-2/h4-7,15H,3,8-11H2,1-2H3. The van der Waals surface area contributed by atoms with Crippen LogP contribution in [0.4, 0.5) is 0 Å². The summed E-state index contributed by atoms with van der Waals surface area (Å²) in [5.41, 5.74) is 0.923. The van der Waals surface area contributed by atoms with Crippen molar-refractivity contribution in [3.8, 4) is 5.75 Å². The molecule has 104 valence electrons. The number of likely N-dealkylation sites (N-methyl/N-ethyl adjacent to an activating group) is 1. The molecular weight excluding hydrogens is 242 g/mol. The molecule has 2 rings (SSSR count). The van der Waals surface area contributed by atoms with Gasteiger partial charge in [-0.2, -0.15) is 0 Å². The number of para-hydroxylation sites is 1. The van der Waals surface area contributed by atoms with Gasteiger partial charge < -0.3 is 9.47 Å². The third-order valence-electron chi connectivity index (χ3n) is 3.51. The first-order valence-electron chi connectivity index (χ1n) is 6.73. The fraction of sp³-hybridized carbons (Fsp3) is 0.533. The highest BCUT2D eigenvalue weighted by molar-refractivity contribution is 5.86. The van der Waals surface area contributed by atoms with Gasteiger partial charge in [-0.1, -0.05) is 25.1 Å². The fourth-order valence-electron chi connectivity index (χ4n) is 2.34. The molecule has 4 nitrogen and oxygen atoms in total. The summed E-state index contributed by atoms with van der Waals surface area (Å²) in [5.74, 6) is 0.890. The van der Waals surface area contributed by atoms with Crippen LogP contribution in [0.15, 0.2) is 24.3 Å². The second kappa shape index (κ2) is 6.68. The van der Waals surface area contributed by atoms with Gasteiger partial charge in [0, 0.05) is 25.1 Å². The first-order chi connectivity index (χ1) is 9.24. The summed E-state index contributed by atoms with van der Waals surface area (Å²) in [6.45, 7) is 5.31. The molecule has 1 aromatic carbocycles. The number of rotatable bonds is 5. The molecule has 1 atom stereocenters. The smallest absolute Gasteiger partial charge is 0.167 e. The van der Waals surface area contributed by atoms with Crippen LogP contribution >= 0.6 is 0 Å². The van der Waals surface area contributed by atoms with Crippen molar-refractivity contribution in [3.63, 3.8) is 0 Å². The lowest BCUT2D eigenvalue weighted by Gasteiger charge is -2.31. The molecule has 0 bridgehead atoms. The van der Waals surface area contributed by atoms with E-state index in [-0.39, 0.29) is 11.9 Å². The molecule has 1 aliphatic rings. The molecule has 0 radical (unpaired) electrons. The maximum Gasteiger partial charge on any atom is 0.167 e. The summed E-state index contributed by atoms with van der Waals surface area (Å²) in [6, 6.07) is 7.63. The molecule has 0 aliphatic carbocycles. The van der Waals surface area contributed by atoms with Gasteiger partial charge in [0.1, 0.15) is 11.9 Å². The Morgan fingerprint density at radius 2 is 2.26 bits per heavy atom. The molecule has 1 heterocycles. The van der Waals surface area contributed by atoms with Gasteiger partial charge in [0.2, 0.25) is 0 Å². The number of hydrogen-bond donors (Lipinski definition) is 0. The van der Waals surface area contributed by atoms with E-state index in [1.807, 2.05) is 24.3 Å². The molecular formula is C15H21NO3. The predicted octanol–water partition coefficient (Wildman–Crippen LogP) is 1.53. The highest BCUT2D eigenvalue weighted by atomic mass is 16.5. The van der Waals surface area contributed by atoms with Crippen molar-refractivity contribution in [2.45, 2.75) is 19.4 Å². The number of hydrogen-bond acceptors (Lipinski definition) is 4. The zero-order valence-electron chi connectivity index (χ0n) is 11.6. The van der Waals surface area contributed by atoms with Gasteiger partial charge in [-0.05, 0) is 12.6 Å². The van der Waals surface area contributed by atoms with Gasteiger partial charge in [-0.25, -0.2) is 0 Å². The lowest BCUT2D eigenvalue weighted by atomic mass is 10.0. The largest absolute Gasteiger partial charge is 0.496 e.